The summed E-state index contributed by atoms with van der Waals surface area (Å²) >= 11 is 5.88. The van der Waals surface area contributed by atoms with Crippen LogP contribution in [-0.2, 0) is 9.59 Å². The highest BCUT2D eigenvalue weighted by Gasteiger charge is 2.17. The van der Waals surface area contributed by atoms with Gasteiger partial charge in [0.2, 0.25) is 11.8 Å². The third-order valence-electron chi connectivity index (χ3n) is 3.62. The number of amides is 2. The molecule has 0 spiro atoms. The summed E-state index contributed by atoms with van der Waals surface area (Å²) in [6, 6.07) is 13.9. The van der Waals surface area contributed by atoms with E-state index in [9.17, 15) is 9.59 Å². The molecular formula is C19H18ClN3O2. The highest BCUT2D eigenvalue weighted by Crippen LogP contribution is 2.22. The first kappa shape index (κ1) is 18.5. The van der Waals surface area contributed by atoms with E-state index in [1.165, 1.54) is 13.0 Å². The number of benzene rings is 2. The minimum absolute atomic E-state index is 0.0765. The molecule has 0 aliphatic heterocycles. The summed E-state index contributed by atoms with van der Waals surface area (Å²) in [5.74, 6) is -0.484. The summed E-state index contributed by atoms with van der Waals surface area (Å²) in [7, 11) is 0. The molecule has 0 radical (unpaired) electrons. The van der Waals surface area contributed by atoms with Gasteiger partial charge in [-0.25, -0.2) is 0 Å². The van der Waals surface area contributed by atoms with E-state index in [-0.39, 0.29) is 23.8 Å². The summed E-state index contributed by atoms with van der Waals surface area (Å²) in [6.45, 7) is 3.38. The zero-order valence-electron chi connectivity index (χ0n) is 14.0. The van der Waals surface area contributed by atoms with Crippen molar-refractivity contribution in [1.29, 1.82) is 5.26 Å². The molecule has 1 atom stereocenters. The maximum absolute atomic E-state index is 12.4. The highest BCUT2D eigenvalue weighted by atomic mass is 35.5. The zero-order valence-corrected chi connectivity index (χ0v) is 14.7. The largest absolute Gasteiger partial charge is 0.349 e. The van der Waals surface area contributed by atoms with Gasteiger partial charge in [-0.2, -0.15) is 5.26 Å². The Hall–Kier alpha value is -2.84. The van der Waals surface area contributed by atoms with Gasteiger partial charge < -0.3 is 10.6 Å². The van der Waals surface area contributed by atoms with E-state index < -0.39 is 6.04 Å². The maximum atomic E-state index is 12.4. The fraction of sp³-hybridized carbons (Fsp3) is 0.211. The second kappa shape index (κ2) is 8.32. The number of aryl methyl sites for hydroxylation is 1. The smallest absolute Gasteiger partial charge is 0.226 e. The van der Waals surface area contributed by atoms with Gasteiger partial charge in [0.25, 0.3) is 0 Å². The number of carbonyl (C=O) groups is 2. The van der Waals surface area contributed by atoms with E-state index >= 15 is 0 Å². The van der Waals surface area contributed by atoms with Gasteiger partial charge in [-0.15, -0.1) is 0 Å². The van der Waals surface area contributed by atoms with Crippen LogP contribution in [0.1, 0.15) is 36.1 Å². The van der Waals surface area contributed by atoms with Gasteiger partial charge in [0, 0.05) is 12.6 Å². The number of nitrogens with zero attached hydrogens (tertiary/aromatic N) is 1. The second-order valence-corrected chi connectivity index (χ2v) is 6.13. The van der Waals surface area contributed by atoms with Crippen molar-refractivity contribution in [2.45, 2.75) is 26.3 Å². The van der Waals surface area contributed by atoms with E-state index in [1.807, 2.05) is 37.3 Å². The van der Waals surface area contributed by atoms with E-state index in [2.05, 4.69) is 10.6 Å². The number of rotatable bonds is 5. The van der Waals surface area contributed by atoms with Gasteiger partial charge >= 0.3 is 0 Å². The zero-order chi connectivity index (χ0) is 18.4. The average Bonchev–Trinajstić information content (AvgIpc) is 2.56. The van der Waals surface area contributed by atoms with Gasteiger partial charge in [0.05, 0.1) is 23.0 Å². The van der Waals surface area contributed by atoms with Crippen LogP contribution in [0.25, 0.3) is 0 Å². The Labute approximate surface area is 151 Å². The van der Waals surface area contributed by atoms with Crippen LogP contribution in [0.5, 0.6) is 0 Å². The molecule has 1 unspecified atom stereocenters. The highest BCUT2D eigenvalue weighted by molar-refractivity contribution is 6.31. The second-order valence-electron chi connectivity index (χ2n) is 5.72. The molecule has 0 aliphatic carbocycles. The quantitative estimate of drug-likeness (QED) is 0.857. The molecule has 25 heavy (non-hydrogen) atoms. The summed E-state index contributed by atoms with van der Waals surface area (Å²) in [5.41, 5.74) is 2.72. The molecule has 0 aliphatic rings. The van der Waals surface area contributed by atoms with Crippen molar-refractivity contribution in [3.05, 3.63) is 64.2 Å². The fourth-order valence-electron chi connectivity index (χ4n) is 2.38. The van der Waals surface area contributed by atoms with Crippen LogP contribution in [0.3, 0.4) is 0 Å². The first-order chi connectivity index (χ1) is 11.9. The van der Waals surface area contributed by atoms with E-state index in [0.717, 1.165) is 11.1 Å². The molecule has 2 aromatic carbocycles. The van der Waals surface area contributed by atoms with Gasteiger partial charge in [-0.1, -0.05) is 41.4 Å². The molecule has 128 valence electrons. The molecule has 5 nitrogen and oxygen atoms in total. The molecule has 2 rings (SSSR count). The van der Waals surface area contributed by atoms with Gasteiger partial charge in [-0.05, 0) is 30.7 Å². The van der Waals surface area contributed by atoms with Crippen LogP contribution in [0.4, 0.5) is 5.69 Å². The molecule has 2 aromatic rings. The number of nitrogens with one attached hydrogen (secondary N) is 2. The maximum Gasteiger partial charge on any atom is 0.226 e. The Kier molecular flexibility index (Phi) is 6.15. The SMILES string of the molecule is CC(=O)NC(CC(=O)Nc1ccc(Cl)c(C#N)c1)c1ccc(C)cc1. The van der Waals surface area contributed by atoms with Gasteiger partial charge in [0.15, 0.2) is 0 Å². The molecule has 0 bridgehead atoms. The van der Waals surface area contributed by atoms with Crippen LogP contribution >= 0.6 is 11.6 Å². The third kappa shape index (κ3) is 5.33. The minimum atomic E-state index is -0.430. The first-order valence-corrected chi connectivity index (χ1v) is 8.10. The molecule has 2 amide bonds. The van der Waals surface area contributed by atoms with Crippen molar-refractivity contribution >= 4 is 29.1 Å². The van der Waals surface area contributed by atoms with E-state index in [0.29, 0.717) is 10.7 Å². The Morgan fingerprint density at radius 2 is 1.88 bits per heavy atom. The summed E-state index contributed by atoms with van der Waals surface area (Å²) in [5, 5.41) is 14.8. The molecule has 0 saturated carbocycles. The van der Waals surface area contributed by atoms with Crippen LogP contribution in [0.2, 0.25) is 5.02 Å². The lowest BCUT2D eigenvalue weighted by Gasteiger charge is -2.18. The Morgan fingerprint density at radius 1 is 1.20 bits per heavy atom. The van der Waals surface area contributed by atoms with Crippen molar-refractivity contribution in [2.24, 2.45) is 0 Å². The molecular weight excluding hydrogens is 338 g/mol. The van der Waals surface area contributed by atoms with E-state index in [4.69, 9.17) is 16.9 Å². The van der Waals surface area contributed by atoms with Crippen LogP contribution in [0, 0.1) is 18.3 Å². The Balaban J connectivity index is 2.12. The van der Waals surface area contributed by atoms with Crippen LogP contribution in [0.15, 0.2) is 42.5 Å². The number of halogens is 1. The average molecular weight is 356 g/mol. The number of hydrogen-bond acceptors (Lipinski definition) is 3. The standard InChI is InChI=1S/C19H18ClN3O2/c1-12-3-5-14(6-4-12)18(22-13(2)24)10-19(25)23-16-7-8-17(20)15(9-16)11-21/h3-9,18H,10H2,1-2H3,(H,22,24)(H,23,25). The van der Waals surface area contributed by atoms with E-state index in [1.54, 1.807) is 12.1 Å². The topological polar surface area (TPSA) is 82.0 Å². The molecule has 0 fully saturated rings. The lowest BCUT2D eigenvalue weighted by atomic mass is 10.0. The minimum Gasteiger partial charge on any atom is -0.349 e. The van der Waals surface area contributed by atoms with Crippen molar-refractivity contribution in [3.63, 3.8) is 0 Å². The Bertz CT molecular complexity index is 826. The number of anilines is 1. The fourth-order valence-corrected chi connectivity index (χ4v) is 2.54. The summed E-state index contributed by atoms with van der Waals surface area (Å²) in [4.78, 5) is 23.8. The lowest BCUT2D eigenvalue weighted by molar-refractivity contribution is -0.120. The van der Waals surface area contributed by atoms with Crippen molar-refractivity contribution < 1.29 is 9.59 Å². The molecule has 0 heterocycles. The van der Waals surface area contributed by atoms with Gasteiger partial charge in [-0.3, -0.25) is 9.59 Å². The third-order valence-corrected chi connectivity index (χ3v) is 3.95. The lowest BCUT2D eigenvalue weighted by Crippen LogP contribution is -2.29. The molecule has 6 heteroatoms. The summed E-state index contributed by atoms with van der Waals surface area (Å²) in [6.07, 6.45) is 0.0765. The first-order valence-electron chi connectivity index (χ1n) is 7.72. The van der Waals surface area contributed by atoms with Crippen molar-refractivity contribution in [2.75, 3.05) is 5.32 Å². The monoisotopic (exact) mass is 355 g/mol. The molecule has 0 aromatic heterocycles. The van der Waals surface area contributed by atoms with Crippen LogP contribution in [-0.4, -0.2) is 11.8 Å². The van der Waals surface area contributed by atoms with Crippen molar-refractivity contribution in [3.8, 4) is 6.07 Å². The summed E-state index contributed by atoms with van der Waals surface area (Å²) < 4.78 is 0. The van der Waals surface area contributed by atoms with Crippen molar-refractivity contribution in [1.82, 2.24) is 5.32 Å². The normalized spacial score (nSPS) is 11.3. The van der Waals surface area contributed by atoms with Crippen LogP contribution < -0.4 is 10.6 Å². The number of carbonyl (C=O) groups excluding carboxylic acids is 2. The number of nitriles is 1. The molecule has 0 saturated heterocycles. The predicted octanol–water partition coefficient (Wildman–Crippen LogP) is 3.73. The number of hydrogen-bond donors (Lipinski definition) is 2. The Morgan fingerprint density at radius 3 is 2.48 bits per heavy atom. The molecule has 2 N–H and O–H groups in total. The predicted molar refractivity (Wildman–Crippen MR) is 97.2 cm³/mol. The van der Waals surface area contributed by atoms with Gasteiger partial charge in [0.1, 0.15) is 6.07 Å².